The summed E-state index contributed by atoms with van der Waals surface area (Å²) in [5.41, 5.74) is -0.965. The molecule has 1 aliphatic heterocycles. The maximum atomic E-state index is 13.0. The highest BCUT2D eigenvalue weighted by Gasteiger charge is 2.60. The molecule has 0 spiro atoms. The van der Waals surface area contributed by atoms with Crippen LogP contribution in [0.4, 0.5) is 4.79 Å². The number of carbonyl (C=O) groups is 2. The number of morpholine rings is 1. The van der Waals surface area contributed by atoms with Crippen LogP contribution < -0.4 is 5.32 Å². The highest BCUT2D eigenvalue weighted by atomic mass is 16.6. The minimum atomic E-state index is -0.640. The van der Waals surface area contributed by atoms with Crippen LogP contribution in [-0.2, 0) is 14.3 Å². The molecule has 2 aliphatic carbocycles. The van der Waals surface area contributed by atoms with Crippen LogP contribution in [0.2, 0.25) is 0 Å². The van der Waals surface area contributed by atoms with E-state index in [-0.39, 0.29) is 29.8 Å². The van der Waals surface area contributed by atoms with Gasteiger partial charge in [0.2, 0.25) is 5.91 Å². The first-order valence-electron chi connectivity index (χ1n) is 11.5. The van der Waals surface area contributed by atoms with E-state index in [2.05, 4.69) is 18.8 Å². The minimum Gasteiger partial charge on any atom is -0.446 e. The van der Waals surface area contributed by atoms with Crippen molar-refractivity contribution in [1.29, 1.82) is 0 Å². The molecular formula is C23H38N2O6. The fraction of sp³-hybridized carbons (Fsp3) is 0.826. The van der Waals surface area contributed by atoms with E-state index in [1.54, 1.807) is 6.08 Å². The normalized spacial score (nSPS) is 38.1. The number of carbonyl (C=O) groups excluding carboxylic acids is 2. The van der Waals surface area contributed by atoms with E-state index in [1.807, 2.05) is 11.8 Å². The van der Waals surface area contributed by atoms with E-state index in [4.69, 9.17) is 9.47 Å². The van der Waals surface area contributed by atoms with Crippen LogP contribution in [0.3, 0.4) is 0 Å². The van der Waals surface area contributed by atoms with Crippen molar-refractivity contribution in [1.82, 2.24) is 10.2 Å². The lowest BCUT2D eigenvalue weighted by atomic mass is 9.46. The van der Waals surface area contributed by atoms with E-state index < -0.39 is 23.7 Å². The Bertz CT molecular complexity index is 666. The molecule has 3 aliphatic rings. The summed E-state index contributed by atoms with van der Waals surface area (Å²) in [6.07, 6.45) is 3.00. The summed E-state index contributed by atoms with van der Waals surface area (Å²) in [5, 5.41) is 24.0. The molecule has 0 aromatic carbocycles. The molecule has 31 heavy (non-hydrogen) atoms. The monoisotopic (exact) mass is 438 g/mol. The fourth-order valence-electron chi connectivity index (χ4n) is 6.24. The summed E-state index contributed by atoms with van der Waals surface area (Å²) in [6, 6.07) is 0. The average molecular weight is 439 g/mol. The van der Waals surface area contributed by atoms with E-state index in [1.165, 1.54) is 0 Å². The number of nitrogens with zero attached hydrogens (tertiary/aromatic N) is 1. The predicted molar refractivity (Wildman–Crippen MR) is 115 cm³/mol. The van der Waals surface area contributed by atoms with Gasteiger partial charge in [-0.15, -0.1) is 6.58 Å². The van der Waals surface area contributed by atoms with Gasteiger partial charge in [0.25, 0.3) is 0 Å². The summed E-state index contributed by atoms with van der Waals surface area (Å²) >= 11 is 0. The Morgan fingerprint density at radius 3 is 2.61 bits per heavy atom. The zero-order chi connectivity index (χ0) is 22.6. The molecule has 176 valence electrons. The number of ether oxygens (including phenoxy) is 2. The molecule has 8 nitrogen and oxygen atoms in total. The van der Waals surface area contributed by atoms with Gasteiger partial charge in [0.15, 0.2) is 0 Å². The second-order valence-corrected chi connectivity index (χ2v) is 9.77. The van der Waals surface area contributed by atoms with Crippen molar-refractivity contribution in [3.05, 3.63) is 12.7 Å². The van der Waals surface area contributed by atoms with Crippen molar-refractivity contribution in [3.8, 4) is 0 Å². The molecule has 0 aromatic heterocycles. The quantitative estimate of drug-likeness (QED) is 0.545. The van der Waals surface area contributed by atoms with Crippen LogP contribution in [0, 0.1) is 22.7 Å². The highest BCUT2D eigenvalue weighted by Crippen LogP contribution is 2.61. The molecule has 3 N–H and O–H groups in total. The van der Waals surface area contributed by atoms with Crippen molar-refractivity contribution in [2.24, 2.45) is 22.7 Å². The minimum absolute atomic E-state index is 0.0295. The number of alkyl carbamates (subject to hydrolysis) is 1. The molecule has 3 fully saturated rings. The predicted octanol–water partition coefficient (Wildman–Crippen LogP) is 1.70. The van der Waals surface area contributed by atoms with Crippen molar-refractivity contribution in [3.63, 3.8) is 0 Å². The van der Waals surface area contributed by atoms with Gasteiger partial charge in [-0.3, -0.25) is 4.79 Å². The second kappa shape index (κ2) is 9.88. The Balaban J connectivity index is 1.78. The summed E-state index contributed by atoms with van der Waals surface area (Å²) in [7, 11) is 0. The van der Waals surface area contributed by atoms with Crippen molar-refractivity contribution < 1.29 is 29.3 Å². The number of hydrogen-bond acceptors (Lipinski definition) is 6. The van der Waals surface area contributed by atoms with Crippen LogP contribution >= 0.6 is 0 Å². The van der Waals surface area contributed by atoms with Gasteiger partial charge in [-0.2, -0.15) is 0 Å². The lowest BCUT2D eigenvalue weighted by molar-refractivity contribution is -0.187. The molecule has 2 saturated carbocycles. The second-order valence-electron chi connectivity index (χ2n) is 9.77. The third kappa shape index (κ3) is 4.76. The standard InChI is InChI=1S/C23H38N2O6/c1-4-9-24-21(29)31-19-7-8-22(2)16(14-20(28)25-10-12-30-13-11-25)17(27)5-6-18(22)23(19,3)15-26/h4,16-19,26-27H,1,5-15H2,2-3H3,(H,24,29)/t16-,17-,18-,19-,22+,23+/m1/s1. The zero-order valence-electron chi connectivity index (χ0n) is 18.8. The van der Waals surface area contributed by atoms with Gasteiger partial charge in [-0.1, -0.05) is 19.9 Å². The van der Waals surface area contributed by atoms with E-state index in [0.29, 0.717) is 52.1 Å². The first-order chi connectivity index (χ1) is 14.8. The van der Waals surface area contributed by atoms with Gasteiger partial charge in [0, 0.05) is 31.5 Å². The Kier molecular flexibility index (Phi) is 7.65. The smallest absolute Gasteiger partial charge is 0.407 e. The molecule has 0 unspecified atom stereocenters. The first kappa shape index (κ1) is 24.0. The molecule has 0 radical (unpaired) electrons. The summed E-state index contributed by atoms with van der Waals surface area (Å²) in [4.78, 5) is 27.0. The van der Waals surface area contributed by atoms with Crippen molar-refractivity contribution in [2.75, 3.05) is 39.5 Å². The van der Waals surface area contributed by atoms with Crippen LogP contribution in [0.5, 0.6) is 0 Å². The Hall–Kier alpha value is -1.64. The number of nitrogens with one attached hydrogen (secondary N) is 1. The van der Waals surface area contributed by atoms with Crippen LogP contribution in [0.25, 0.3) is 0 Å². The van der Waals surface area contributed by atoms with Gasteiger partial charge in [-0.05, 0) is 42.9 Å². The number of fused-ring (bicyclic) bond motifs is 1. The van der Waals surface area contributed by atoms with E-state index in [0.717, 1.165) is 12.8 Å². The first-order valence-corrected chi connectivity index (χ1v) is 11.5. The number of aliphatic hydroxyl groups is 2. The van der Waals surface area contributed by atoms with Gasteiger partial charge >= 0.3 is 6.09 Å². The van der Waals surface area contributed by atoms with Gasteiger partial charge < -0.3 is 29.9 Å². The topological polar surface area (TPSA) is 108 Å². The summed E-state index contributed by atoms with van der Waals surface area (Å²) in [6.45, 7) is 10.2. The molecule has 8 heteroatoms. The Morgan fingerprint density at radius 2 is 1.97 bits per heavy atom. The summed E-state index contributed by atoms with van der Waals surface area (Å²) in [5.74, 6) is -0.105. The van der Waals surface area contributed by atoms with E-state index >= 15 is 0 Å². The summed E-state index contributed by atoms with van der Waals surface area (Å²) < 4.78 is 11.1. The lowest BCUT2D eigenvalue weighted by Gasteiger charge is -2.60. The zero-order valence-corrected chi connectivity index (χ0v) is 18.8. The number of aliphatic hydroxyl groups excluding tert-OH is 2. The molecule has 3 rings (SSSR count). The SMILES string of the molecule is C=CCNC(=O)O[C@@H]1CC[C@]2(C)[C@@H](CC[C@@H](O)[C@H]2CC(=O)N2CCOCC2)[C@]1(C)CO. The maximum Gasteiger partial charge on any atom is 0.407 e. The van der Waals surface area contributed by atoms with Crippen molar-refractivity contribution >= 4 is 12.0 Å². The average Bonchev–Trinajstić information content (AvgIpc) is 2.77. The fourth-order valence-corrected chi connectivity index (χ4v) is 6.24. The Labute approximate surface area is 185 Å². The lowest BCUT2D eigenvalue weighted by Crippen LogP contribution is -2.61. The van der Waals surface area contributed by atoms with Gasteiger partial charge in [-0.25, -0.2) is 4.79 Å². The van der Waals surface area contributed by atoms with Gasteiger partial charge in [0.05, 0.1) is 25.9 Å². The maximum absolute atomic E-state index is 13.0. The molecule has 6 atom stereocenters. The molecule has 0 bridgehead atoms. The highest BCUT2D eigenvalue weighted by molar-refractivity contribution is 5.76. The molecule has 0 aromatic rings. The molecule has 1 saturated heterocycles. The van der Waals surface area contributed by atoms with Crippen LogP contribution in [0.1, 0.15) is 46.0 Å². The number of hydrogen-bond donors (Lipinski definition) is 3. The third-order valence-electron chi connectivity index (χ3n) is 8.07. The number of amides is 2. The van der Waals surface area contributed by atoms with E-state index in [9.17, 15) is 19.8 Å². The number of rotatable bonds is 6. The molecule has 2 amide bonds. The van der Waals surface area contributed by atoms with Gasteiger partial charge in [0.1, 0.15) is 6.10 Å². The van der Waals surface area contributed by atoms with Crippen molar-refractivity contribution in [2.45, 2.75) is 58.2 Å². The molecule has 1 heterocycles. The van der Waals surface area contributed by atoms with Crippen LogP contribution in [-0.4, -0.2) is 78.8 Å². The third-order valence-corrected chi connectivity index (χ3v) is 8.07. The molecular weight excluding hydrogens is 400 g/mol. The van der Waals surface area contributed by atoms with Crippen LogP contribution in [0.15, 0.2) is 12.7 Å². The largest absolute Gasteiger partial charge is 0.446 e. The Morgan fingerprint density at radius 1 is 1.26 bits per heavy atom.